The van der Waals surface area contributed by atoms with E-state index in [9.17, 15) is 0 Å². The fourth-order valence-corrected chi connectivity index (χ4v) is 8.84. The molecule has 0 aliphatic heterocycles. The van der Waals surface area contributed by atoms with Gasteiger partial charge in [0.15, 0.2) is 0 Å². The Kier molecular flexibility index (Phi) is 7.78. The van der Waals surface area contributed by atoms with Crippen LogP contribution in [0.5, 0.6) is 0 Å². The van der Waals surface area contributed by atoms with Gasteiger partial charge in [-0.2, -0.15) is 0 Å². The number of nitrogens with zero attached hydrogens (tertiary/aromatic N) is 3. The molecule has 11 rings (SSSR count). The Labute approximate surface area is 331 Å². The average molecular weight is 728 g/mol. The zero-order chi connectivity index (χ0) is 37.9. The molecule has 0 radical (unpaired) electrons. The molecule has 3 nitrogen and oxygen atoms in total. The molecular weight excluding hydrogens is 691 g/mol. The third-order valence-electron chi connectivity index (χ3n) is 11.5. The number of hydrogen-bond acceptors (Lipinski definition) is 2. The van der Waals surface area contributed by atoms with Gasteiger partial charge < -0.3 is 0 Å². The highest BCUT2D eigenvalue weighted by molar-refractivity contribution is 6.14. The van der Waals surface area contributed by atoms with Crippen LogP contribution in [0.3, 0.4) is 0 Å². The molecule has 0 aliphatic rings. The van der Waals surface area contributed by atoms with Gasteiger partial charge in [0.1, 0.15) is 5.82 Å². The van der Waals surface area contributed by atoms with Crippen molar-refractivity contribution in [3.05, 3.63) is 200 Å². The van der Waals surface area contributed by atoms with Gasteiger partial charge in [-0.15, -0.1) is 0 Å². The van der Waals surface area contributed by atoms with Crippen molar-refractivity contribution < 1.29 is 0 Å². The fourth-order valence-electron chi connectivity index (χ4n) is 8.84. The molecule has 268 valence electrons. The SMILES string of the molecule is CCc1nc2ccccc2n1-c1cc(-c2cc(-c3cccc4ccccc34)cc(-c3cccc4ccccc34)n2)cc(-c2cc3ccccc3c3ccccc23)c1. The Morgan fingerprint density at radius 2 is 0.947 bits per heavy atom. The summed E-state index contributed by atoms with van der Waals surface area (Å²) in [5.74, 6) is 1.02. The van der Waals surface area contributed by atoms with Crippen LogP contribution in [0.1, 0.15) is 12.7 Å². The molecule has 0 saturated heterocycles. The van der Waals surface area contributed by atoms with Gasteiger partial charge in [-0.1, -0.05) is 153 Å². The zero-order valence-electron chi connectivity index (χ0n) is 31.5. The molecule has 3 heteroatoms. The van der Waals surface area contributed by atoms with Crippen LogP contribution < -0.4 is 0 Å². The van der Waals surface area contributed by atoms with Crippen LogP contribution in [-0.4, -0.2) is 14.5 Å². The first-order chi connectivity index (χ1) is 28.2. The molecule has 0 fully saturated rings. The summed E-state index contributed by atoms with van der Waals surface area (Å²) in [6.07, 6.45) is 0.799. The molecule has 57 heavy (non-hydrogen) atoms. The molecule has 11 aromatic rings. The third kappa shape index (κ3) is 5.58. The van der Waals surface area contributed by atoms with Gasteiger partial charge in [0.2, 0.25) is 0 Å². The average Bonchev–Trinajstić information content (AvgIpc) is 3.67. The van der Waals surface area contributed by atoms with Crippen molar-refractivity contribution in [2.24, 2.45) is 0 Å². The van der Waals surface area contributed by atoms with E-state index < -0.39 is 0 Å². The largest absolute Gasteiger partial charge is 0.296 e. The molecule has 0 atom stereocenters. The van der Waals surface area contributed by atoms with E-state index in [1.165, 1.54) is 54.2 Å². The van der Waals surface area contributed by atoms with Crippen LogP contribution in [0.25, 0.3) is 105 Å². The second-order valence-corrected chi connectivity index (χ2v) is 14.8. The van der Waals surface area contributed by atoms with Gasteiger partial charge in [-0.25, -0.2) is 9.97 Å². The van der Waals surface area contributed by atoms with E-state index >= 15 is 0 Å². The number of fused-ring (bicyclic) bond motifs is 6. The maximum Gasteiger partial charge on any atom is 0.114 e. The van der Waals surface area contributed by atoms with E-state index in [0.717, 1.165) is 62.6 Å². The van der Waals surface area contributed by atoms with Gasteiger partial charge in [0.25, 0.3) is 0 Å². The number of benzene rings is 9. The third-order valence-corrected chi connectivity index (χ3v) is 11.5. The van der Waals surface area contributed by atoms with E-state index in [0.29, 0.717) is 0 Å². The van der Waals surface area contributed by atoms with Crippen molar-refractivity contribution in [1.82, 2.24) is 14.5 Å². The predicted molar refractivity (Wildman–Crippen MR) is 240 cm³/mol. The highest BCUT2D eigenvalue weighted by atomic mass is 15.1. The monoisotopic (exact) mass is 727 g/mol. The number of aromatic nitrogens is 3. The second-order valence-electron chi connectivity index (χ2n) is 14.8. The first-order valence-corrected chi connectivity index (χ1v) is 19.7. The van der Waals surface area contributed by atoms with E-state index in [4.69, 9.17) is 9.97 Å². The van der Waals surface area contributed by atoms with Crippen molar-refractivity contribution in [2.75, 3.05) is 0 Å². The first kappa shape index (κ1) is 33.0. The van der Waals surface area contributed by atoms with Crippen molar-refractivity contribution in [3.63, 3.8) is 0 Å². The lowest BCUT2D eigenvalue weighted by Gasteiger charge is -2.17. The Bertz CT molecular complexity index is 3240. The van der Waals surface area contributed by atoms with Crippen molar-refractivity contribution >= 4 is 54.1 Å². The summed E-state index contributed by atoms with van der Waals surface area (Å²) in [6, 6.07) is 70.2. The Morgan fingerprint density at radius 1 is 0.386 bits per heavy atom. The van der Waals surface area contributed by atoms with Crippen molar-refractivity contribution in [1.29, 1.82) is 0 Å². The summed E-state index contributed by atoms with van der Waals surface area (Å²) in [4.78, 5) is 10.7. The first-order valence-electron chi connectivity index (χ1n) is 19.7. The summed E-state index contributed by atoms with van der Waals surface area (Å²) >= 11 is 0. The molecular formula is C54H37N3. The molecule has 0 bridgehead atoms. The minimum absolute atomic E-state index is 0.799. The van der Waals surface area contributed by atoms with Crippen LogP contribution in [0.15, 0.2) is 194 Å². The van der Waals surface area contributed by atoms with E-state index in [2.05, 4.69) is 206 Å². The number of pyridine rings is 1. The van der Waals surface area contributed by atoms with Crippen LogP contribution >= 0.6 is 0 Å². The maximum absolute atomic E-state index is 5.58. The minimum Gasteiger partial charge on any atom is -0.296 e. The standard InChI is InChI=1S/C54H37N3/c1-2-54-56-50-27-11-12-28-53(50)57(54)41-30-38(49-32-37-17-5-8-22-44(37)46-23-9-10-24-47(46)49)29-40(31-41)51-33-39(45-25-13-18-35-15-3-6-20-42(35)45)34-52(55-51)48-26-14-19-36-16-4-7-21-43(36)48/h3-34H,2H2,1H3. The van der Waals surface area contributed by atoms with Gasteiger partial charge >= 0.3 is 0 Å². The number of hydrogen-bond donors (Lipinski definition) is 0. The molecule has 0 spiro atoms. The molecule has 2 heterocycles. The van der Waals surface area contributed by atoms with E-state index in [-0.39, 0.29) is 0 Å². The van der Waals surface area contributed by atoms with Gasteiger partial charge in [-0.05, 0) is 114 Å². The maximum atomic E-state index is 5.58. The normalized spacial score (nSPS) is 11.7. The smallest absolute Gasteiger partial charge is 0.114 e. The summed E-state index contributed by atoms with van der Waals surface area (Å²) in [7, 11) is 0. The quantitative estimate of drug-likeness (QED) is 0.160. The highest BCUT2D eigenvalue weighted by Gasteiger charge is 2.18. The van der Waals surface area contributed by atoms with Crippen molar-refractivity contribution in [3.8, 4) is 50.5 Å². The fraction of sp³-hybridized carbons (Fsp3) is 0.0370. The molecule has 2 aromatic heterocycles. The summed E-state index contributed by atoms with van der Waals surface area (Å²) in [5.41, 5.74) is 11.8. The molecule has 0 amide bonds. The number of para-hydroxylation sites is 2. The van der Waals surface area contributed by atoms with Crippen LogP contribution in [0, 0.1) is 0 Å². The van der Waals surface area contributed by atoms with Gasteiger partial charge in [0, 0.05) is 23.2 Å². The Balaban J connectivity index is 1.24. The van der Waals surface area contributed by atoms with Crippen LogP contribution in [0.4, 0.5) is 0 Å². The predicted octanol–water partition coefficient (Wildman–Crippen LogP) is 14.3. The van der Waals surface area contributed by atoms with Gasteiger partial charge in [-0.3, -0.25) is 4.57 Å². The van der Waals surface area contributed by atoms with Crippen LogP contribution in [-0.2, 0) is 6.42 Å². The summed E-state index contributed by atoms with van der Waals surface area (Å²) < 4.78 is 2.34. The summed E-state index contributed by atoms with van der Waals surface area (Å²) in [5, 5.41) is 9.75. The highest BCUT2D eigenvalue weighted by Crippen LogP contribution is 2.41. The van der Waals surface area contributed by atoms with Gasteiger partial charge in [0.05, 0.1) is 22.4 Å². The number of imidazole rings is 1. The lowest BCUT2D eigenvalue weighted by molar-refractivity contribution is 0.908. The lowest BCUT2D eigenvalue weighted by atomic mass is 9.91. The van der Waals surface area contributed by atoms with E-state index in [1.54, 1.807) is 0 Å². The zero-order valence-corrected chi connectivity index (χ0v) is 31.5. The number of rotatable bonds is 6. The molecule has 9 aromatic carbocycles. The molecule has 0 N–H and O–H groups in total. The second kappa shape index (κ2) is 13.4. The Hall–Kier alpha value is -7.36. The summed E-state index contributed by atoms with van der Waals surface area (Å²) in [6.45, 7) is 2.19. The molecule has 0 unspecified atom stereocenters. The number of aryl methyl sites for hydroxylation is 1. The topological polar surface area (TPSA) is 30.7 Å². The molecule has 0 aliphatic carbocycles. The van der Waals surface area contributed by atoms with E-state index in [1.807, 2.05) is 0 Å². The molecule has 0 saturated carbocycles. The van der Waals surface area contributed by atoms with Crippen LogP contribution in [0.2, 0.25) is 0 Å². The minimum atomic E-state index is 0.799. The Morgan fingerprint density at radius 3 is 1.72 bits per heavy atom. The van der Waals surface area contributed by atoms with Crippen molar-refractivity contribution in [2.45, 2.75) is 13.3 Å². The lowest BCUT2D eigenvalue weighted by Crippen LogP contribution is -2.02.